The summed E-state index contributed by atoms with van der Waals surface area (Å²) in [6.45, 7) is 3.82. The summed E-state index contributed by atoms with van der Waals surface area (Å²) in [7, 11) is 4.05. The highest BCUT2D eigenvalue weighted by Crippen LogP contribution is 2.21. The van der Waals surface area contributed by atoms with Gasteiger partial charge in [0.1, 0.15) is 19.1 Å². The Kier molecular flexibility index (Phi) is 7.18. The maximum atomic E-state index is 12.7. The van der Waals surface area contributed by atoms with Crippen molar-refractivity contribution in [1.82, 2.24) is 5.32 Å². The van der Waals surface area contributed by atoms with Crippen LogP contribution in [-0.2, 0) is 4.74 Å². The number of nitrogens with zero attached hydrogens (tertiary/aromatic N) is 1. The van der Waals surface area contributed by atoms with E-state index in [-0.39, 0.29) is 11.9 Å². The minimum Gasteiger partial charge on any atom is -0.378 e. The number of hydrogen-bond acceptors (Lipinski definition) is 3. The lowest BCUT2D eigenvalue weighted by Gasteiger charge is -2.32. The second kappa shape index (κ2) is 9.61. The molecule has 0 aromatic heterocycles. The van der Waals surface area contributed by atoms with Crippen LogP contribution in [0.4, 0.5) is 5.69 Å². The van der Waals surface area contributed by atoms with Crippen molar-refractivity contribution in [3.63, 3.8) is 0 Å². The molecule has 28 heavy (non-hydrogen) atoms. The van der Waals surface area contributed by atoms with Crippen molar-refractivity contribution in [3.05, 3.63) is 63.6 Å². The zero-order valence-corrected chi connectivity index (χ0v) is 17.7. The Morgan fingerprint density at radius 2 is 1.82 bits per heavy atom. The fourth-order valence-electron chi connectivity index (χ4n) is 3.45. The molecule has 150 valence electrons. The molecular formula is C21H26Cl2N3O2+. The quantitative estimate of drug-likeness (QED) is 0.751. The number of halogens is 2. The number of nitrogens with one attached hydrogen (secondary N) is 2. The maximum absolute atomic E-state index is 12.7. The number of carbonyl (C=O) groups excluding carboxylic acids is 1. The highest BCUT2D eigenvalue weighted by molar-refractivity contribution is 6.36. The van der Waals surface area contributed by atoms with Crippen LogP contribution in [0, 0.1) is 0 Å². The molecule has 1 saturated heterocycles. The topological polar surface area (TPSA) is 46.0 Å². The van der Waals surface area contributed by atoms with Crippen molar-refractivity contribution >= 4 is 34.8 Å². The van der Waals surface area contributed by atoms with Gasteiger partial charge in [0.2, 0.25) is 0 Å². The van der Waals surface area contributed by atoms with E-state index in [2.05, 4.69) is 34.5 Å². The highest BCUT2D eigenvalue weighted by Gasteiger charge is 2.27. The number of ether oxygens (including phenoxy) is 1. The van der Waals surface area contributed by atoms with Crippen LogP contribution in [-0.4, -0.2) is 52.9 Å². The van der Waals surface area contributed by atoms with E-state index in [0.717, 1.165) is 32.0 Å². The molecule has 2 aromatic carbocycles. The minimum atomic E-state index is -0.191. The molecule has 1 heterocycles. The van der Waals surface area contributed by atoms with Gasteiger partial charge in [0, 0.05) is 30.4 Å². The Balaban J connectivity index is 1.76. The van der Waals surface area contributed by atoms with Gasteiger partial charge in [-0.3, -0.25) is 4.79 Å². The van der Waals surface area contributed by atoms with Crippen LogP contribution in [0.5, 0.6) is 0 Å². The first-order chi connectivity index (χ1) is 13.5. The van der Waals surface area contributed by atoms with Gasteiger partial charge in [-0.15, -0.1) is 0 Å². The van der Waals surface area contributed by atoms with Crippen molar-refractivity contribution in [2.75, 3.05) is 51.8 Å². The predicted molar refractivity (Wildman–Crippen MR) is 114 cm³/mol. The Morgan fingerprint density at radius 1 is 1.14 bits per heavy atom. The number of morpholine rings is 1. The molecule has 2 N–H and O–H groups in total. The van der Waals surface area contributed by atoms with E-state index in [9.17, 15) is 4.79 Å². The number of benzene rings is 2. The lowest BCUT2D eigenvalue weighted by Crippen LogP contribution is -3.15. The molecule has 0 aliphatic carbocycles. The van der Waals surface area contributed by atoms with Crippen LogP contribution in [0.15, 0.2) is 42.5 Å². The Hall–Kier alpha value is -1.79. The lowest BCUT2D eigenvalue weighted by atomic mass is 10.0. The number of rotatable bonds is 6. The molecule has 0 radical (unpaired) electrons. The normalized spacial score (nSPS) is 15.9. The summed E-state index contributed by atoms with van der Waals surface area (Å²) in [6.07, 6.45) is 0. The summed E-state index contributed by atoms with van der Waals surface area (Å²) < 4.78 is 5.51. The molecule has 3 rings (SSSR count). The van der Waals surface area contributed by atoms with Gasteiger partial charge in [-0.25, -0.2) is 0 Å². The fourth-order valence-corrected chi connectivity index (χ4v) is 3.94. The molecule has 0 unspecified atom stereocenters. The maximum Gasteiger partial charge on any atom is 0.253 e. The Labute approximate surface area is 176 Å². The number of carbonyl (C=O) groups is 1. The Morgan fingerprint density at radius 3 is 2.43 bits per heavy atom. The first-order valence-corrected chi connectivity index (χ1v) is 10.1. The van der Waals surface area contributed by atoms with Crippen LogP contribution in [0.3, 0.4) is 0 Å². The van der Waals surface area contributed by atoms with Gasteiger partial charge in [-0.2, -0.15) is 0 Å². The zero-order valence-electron chi connectivity index (χ0n) is 16.2. The molecule has 0 spiro atoms. The predicted octanol–water partition coefficient (Wildman–Crippen LogP) is 2.45. The second-order valence-corrected chi connectivity index (χ2v) is 7.99. The van der Waals surface area contributed by atoms with Crippen LogP contribution in [0.2, 0.25) is 10.0 Å². The van der Waals surface area contributed by atoms with E-state index in [0.29, 0.717) is 22.2 Å². The van der Waals surface area contributed by atoms with Crippen molar-refractivity contribution in [2.24, 2.45) is 0 Å². The van der Waals surface area contributed by atoms with Gasteiger partial charge < -0.3 is 19.9 Å². The molecule has 5 nitrogen and oxygen atoms in total. The third-order valence-corrected chi connectivity index (χ3v) is 5.63. The van der Waals surface area contributed by atoms with Gasteiger partial charge in [0.15, 0.2) is 0 Å². The third-order valence-electron chi connectivity index (χ3n) is 5.08. The molecule has 1 aliphatic heterocycles. The summed E-state index contributed by atoms with van der Waals surface area (Å²) in [5, 5.41) is 3.92. The van der Waals surface area contributed by atoms with Crippen LogP contribution in [0.25, 0.3) is 0 Å². The molecule has 0 bridgehead atoms. The second-order valence-electron chi connectivity index (χ2n) is 7.14. The fraction of sp³-hybridized carbons (Fsp3) is 0.381. The minimum absolute atomic E-state index is 0.148. The van der Waals surface area contributed by atoms with Crippen molar-refractivity contribution < 1.29 is 14.4 Å². The molecule has 1 amide bonds. The largest absolute Gasteiger partial charge is 0.378 e. The van der Waals surface area contributed by atoms with Crippen molar-refractivity contribution in [3.8, 4) is 0 Å². The number of anilines is 1. The van der Waals surface area contributed by atoms with E-state index in [1.165, 1.54) is 10.5 Å². The van der Waals surface area contributed by atoms with Crippen LogP contribution >= 0.6 is 23.2 Å². The number of quaternary nitrogens is 1. The first-order valence-electron chi connectivity index (χ1n) is 9.38. The van der Waals surface area contributed by atoms with E-state index in [1.807, 2.05) is 14.1 Å². The molecular weight excluding hydrogens is 397 g/mol. The lowest BCUT2D eigenvalue weighted by molar-refractivity contribution is -0.937. The average molecular weight is 423 g/mol. The van der Waals surface area contributed by atoms with E-state index in [4.69, 9.17) is 27.9 Å². The summed E-state index contributed by atoms with van der Waals surface area (Å²) >= 11 is 12.1. The van der Waals surface area contributed by atoms with Gasteiger partial charge in [-0.1, -0.05) is 35.3 Å². The molecule has 1 aliphatic rings. The van der Waals surface area contributed by atoms with Gasteiger partial charge in [-0.05, 0) is 30.3 Å². The van der Waals surface area contributed by atoms with Crippen molar-refractivity contribution in [2.45, 2.75) is 6.04 Å². The summed E-state index contributed by atoms with van der Waals surface area (Å²) in [5.74, 6) is -0.191. The molecule has 2 aromatic rings. The van der Waals surface area contributed by atoms with Crippen LogP contribution in [0.1, 0.15) is 22.0 Å². The van der Waals surface area contributed by atoms with Crippen molar-refractivity contribution in [1.29, 1.82) is 0 Å². The smallest absolute Gasteiger partial charge is 0.253 e. The zero-order chi connectivity index (χ0) is 20.1. The summed E-state index contributed by atoms with van der Waals surface area (Å²) in [4.78, 5) is 16.1. The first kappa shape index (κ1) is 20.9. The Bertz CT molecular complexity index is 806. The standard InChI is InChI=1S/C21H25Cl2N3O2/c1-25(2)17-6-3-15(4-7-17)20(26-9-11-28-12-10-26)14-24-21(27)18-8-5-16(22)13-19(18)23/h3-8,13,20H,9-12,14H2,1-2H3,(H,24,27)/p+1/t20-/m1/s1. The van der Waals surface area contributed by atoms with E-state index >= 15 is 0 Å². The van der Waals surface area contributed by atoms with Crippen LogP contribution < -0.4 is 15.1 Å². The SMILES string of the molecule is CN(C)c1ccc([C@@H](CNC(=O)c2ccc(Cl)cc2Cl)[NH+]2CCOCC2)cc1. The summed E-state index contributed by atoms with van der Waals surface area (Å²) in [6, 6.07) is 13.6. The summed E-state index contributed by atoms with van der Waals surface area (Å²) in [5.41, 5.74) is 2.78. The molecule has 7 heteroatoms. The van der Waals surface area contributed by atoms with E-state index in [1.54, 1.807) is 18.2 Å². The van der Waals surface area contributed by atoms with Gasteiger partial charge in [0.25, 0.3) is 5.91 Å². The molecule has 1 atom stereocenters. The average Bonchev–Trinajstić information content (AvgIpc) is 2.69. The molecule has 1 fully saturated rings. The monoisotopic (exact) mass is 422 g/mol. The van der Waals surface area contributed by atoms with Gasteiger partial charge in [0.05, 0.1) is 30.3 Å². The van der Waals surface area contributed by atoms with Gasteiger partial charge >= 0.3 is 0 Å². The third kappa shape index (κ3) is 5.17. The highest BCUT2D eigenvalue weighted by atomic mass is 35.5. The number of hydrogen-bond donors (Lipinski definition) is 2. The van der Waals surface area contributed by atoms with E-state index < -0.39 is 0 Å². The number of amides is 1. The molecule has 0 saturated carbocycles.